The van der Waals surface area contributed by atoms with Crippen molar-refractivity contribution in [2.45, 2.75) is 104 Å². The number of nitrogens with one attached hydrogen (secondary N) is 1. The number of nitrogens with zero attached hydrogens (tertiary/aromatic N) is 2. The van der Waals surface area contributed by atoms with Gasteiger partial charge in [-0.05, 0) is 118 Å². The molecule has 2 unspecified atom stereocenters. The van der Waals surface area contributed by atoms with Gasteiger partial charge in [0.1, 0.15) is 0 Å². The molecule has 5 rings (SSSR count). The van der Waals surface area contributed by atoms with Crippen molar-refractivity contribution in [1.82, 2.24) is 10.2 Å². The lowest BCUT2D eigenvalue weighted by Gasteiger charge is -2.61. The van der Waals surface area contributed by atoms with Crippen LogP contribution in [0, 0.1) is 46.3 Å². The molecule has 35 heavy (non-hydrogen) atoms. The molecule has 4 aliphatic carbocycles. The summed E-state index contributed by atoms with van der Waals surface area (Å²) in [6, 6.07) is 0.349. The van der Waals surface area contributed by atoms with E-state index in [-0.39, 0.29) is 17.6 Å². The zero-order valence-corrected chi connectivity index (χ0v) is 22.8. The van der Waals surface area contributed by atoms with Gasteiger partial charge in [-0.3, -0.25) is 4.84 Å². The molecular formula is C29H49N3O3. The molecule has 0 radical (unpaired) electrons. The molecule has 4 saturated carbocycles. The highest BCUT2D eigenvalue weighted by Crippen LogP contribution is 2.67. The maximum atomic E-state index is 12.6. The summed E-state index contributed by atoms with van der Waals surface area (Å²) < 4.78 is 0. The summed E-state index contributed by atoms with van der Waals surface area (Å²) in [5.41, 5.74) is 1.67. The zero-order chi connectivity index (χ0) is 25.0. The van der Waals surface area contributed by atoms with Gasteiger partial charge in [0.25, 0.3) is 0 Å². The normalized spacial score (nSPS) is 47.5. The fraction of sp³-hybridized carbons (Fsp3) is 0.931. The van der Waals surface area contributed by atoms with E-state index in [9.17, 15) is 9.90 Å². The van der Waals surface area contributed by atoms with E-state index in [0.717, 1.165) is 55.7 Å². The van der Waals surface area contributed by atoms with E-state index < -0.39 is 0 Å². The number of hydrogen-bond acceptors (Lipinski definition) is 5. The van der Waals surface area contributed by atoms with Crippen LogP contribution in [0.1, 0.15) is 91.9 Å². The predicted octanol–water partition coefficient (Wildman–Crippen LogP) is 5.45. The Balaban J connectivity index is 1.22. The fourth-order valence-electron chi connectivity index (χ4n) is 9.73. The molecule has 2 N–H and O–H groups in total. The first-order valence-corrected chi connectivity index (χ1v) is 14.5. The maximum Gasteiger partial charge on any atom is 0.435 e. The molecule has 1 saturated heterocycles. The summed E-state index contributed by atoms with van der Waals surface area (Å²) in [7, 11) is 1.81. The van der Waals surface area contributed by atoms with Crippen LogP contribution in [0.4, 0.5) is 4.79 Å². The average molecular weight is 488 g/mol. The van der Waals surface area contributed by atoms with Crippen LogP contribution in [-0.4, -0.2) is 54.1 Å². The summed E-state index contributed by atoms with van der Waals surface area (Å²) in [6.07, 6.45) is 11.5. The number of rotatable bonds is 4. The lowest BCUT2D eigenvalue weighted by atomic mass is 9.44. The lowest BCUT2D eigenvalue weighted by Crippen LogP contribution is -2.54. The van der Waals surface area contributed by atoms with Crippen molar-refractivity contribution in [3.8, 4) is 0 Å². The molecule has 0 bridgehead atoms. The van der Waals surface area contributed by atoms with Crippen LogP contribution in [-0.2, 0) is 4.84 Å². The van der Waals surface area contributed by atoms with Gasteiger partial charge in [-0.2, -0.15) is 0 Å². The molecule has 0 aromatic rings. The second-order valence-electron chi connectivity index (χ2n) is 13.7. The van der Waals surface area contributed by atoms with Gasteiger partial charge < -0.3 is 15.3 Å². The number of oxime groups is 1. The molecular weight excluding hydrogens is 438 g/mol. The Kier molecular flexibility index (Phi) is 7.02. The fourth-order valence-corrected chi connectivity index (χ4v) is 9.73. The molecule has 1 aliphatic heterocycles. The summed E-state index contributed by atoms with van der Waals surface area (Å²) in [5.74, 6) is 4.13. The molecule has 10 atom stereocenters. The Morgan fingerprint density at radius 1 is 1.06 bits per heavy atom. The minimum Gasteiger partial charge on any atom is -0.393 e. The Morgan fingerprint density at radius 3 is 2.54 bits per heavy atom. The number of aliphatic hydroxyl groups is 1. The highest BCUT2D eigenvalue weighted by molar-refractivity contribution is 5.85. The minimum absolute atomic E-state index is 0.0760. The van der Waals surface area contributed by atoms with Crippen LogP contribution < -0.4 is 5.32 Å². The third-order valence-electron chi connectivity index (χ3n) is 11.7. The molecule has 198 valence electrons. The largest absolute Gasteiger partial charge is 0.435 e. The van der Waals surface area contributed by atoms with E-state index >= 15 is 0 Å². The summed E-state index contributed by atoms with van der Waals surface area (Å²) in [6.45, 7) is 11.1. The summed E-state index contributed by atoms with van der Waals surface area (Å²) >= 11 is 0. The van der Waals surface area contributed by atoms with Crippen molar-refractivity contribution >= 4 is 11.8 Å². The van der Waals surface area contributed by atoms with Crippen molar-refractivity contribution in [1.29, 1.82) is 0 Å². The van der Waals surface area contributed by atoms with Crippen LogP contribution in [0.15, 0.2) is 5.16 Å². The molecule has 5 fully saturated rings. The van der Waals surface area contributed by atoms with Crippen molar-refractivity contribution in [2.75, 3.05) is 20.1 Å². The predicted molar refractivity (Wildman–Crippen MR) is 139 cm³/mol. The Morgan fingerprint density at radius 2 is 1.80 bits per heavy atom. The lowest BCUT2D eigenvalue weighted by molar-refractivity contribution is -0.123. The van der Waals surface area contributed by atoms with E-state index in [1.165, 1.54) is 38.5 Å². The van der Waals surface area contributed by atoms with Gasteiger partial charge in [-0.1, -0.05) is 25.9 Å². The number of carbonyl (C=O) groups is 1. The molecule has 6 heteroatoms. The second-order valence-corrected chi connectivity index (χ2v) is 13.7. The maximum absolute atomic E-state index is 12.6. The molecule has 0 aromatic heterocycles. The van der Waals surface area contributed by atoms with Crippen molar-refractivity contribution in [3.05, 3.63) is 0 Å². The molecule has 5 aliphatic rings. The number of aliphatic hydroxyl groups excluding tert-OH is 1. The standard InChI is InChI=1S/C29H49N3O3/c1-18-14-21(30-16-18)17-32(5)27(34)35-31-19(2)24-8-9-25-23-7-6-20-15-22(33)10-12-28(20,3)26(23)11-13-29(24,25)4/h18,20-26,30,33H,6-17H2,1-5H3/b31-19+/t18?,20-,21?,22-,23+,24-,25+,26+,28+,29-/m1/s1. The SMILES string of the molecule is C/C(=N\OC(=O)N(C)CC1CC(C)CN1)[C@H]1CC[C@H]2[C@@H]3CC[C@@H]4C[C@H](O)CC[C@]4(C)[C@H]3CC[C@]12C. The van der Waals surface area contributed by atoms with Gasteiger partial charge in [0.15, 0.2) is 0 Å². The molecule has 0 spiro atoms. The van der Waals surface area contributed by atoms with E-state index in [2.05, 4.69) is 38.2 Å². The first-order valence-electron chi connectivity index (χ1n) is 14.5. The van der Waals surface area contributed by atoms with Gasteiger partial charge in [0.2, 0.25) is 0 Å². The van der Waals surface area contributed by atoms with Crippen molar-refractivity contribution < 1.29 is 14.7 Å². The monoisotopic (exact) mass is 487 g/mol. The van der Waals surface area contributed by atoms with Crippen LogP contribution in [0.5, 0.6) is 0 Å². The van der Waals surface area contributed by atoms with Crippen molar-refractivity contribution in [3.63, 3.8) is 0 Å². The smallest absolute Gasteiger partial charge is 0.393 e. The van der Waals surface area contributed by atoms with Crippen LogP contribution in [0.3, 0.4) is 0 Å². The van der Waals surface area contributed by atoms with Gasteiger partial charge in [-0.25, -0.2) is 4.79 Å². The number of amides is 1. The first kappa shape index (κ1) is 25.5. The van der Waals surface area contributed by atoms with E-state index in [0.29, 0.717) is 35.8 Å². The first-order chi connectivity index (χ1) is 16.6. The molecule has 1 heterocycles. The van der Waals surface area contributed by atoms with Gasteiger partial charge in [0.05, 0.1) is 11.8 Å². The topological polar surface area (TPSA) is 74.2 Å². The van der Waals surface area contributed by atoms with Crippen LogP contribution >= 0.6 is 0 Å². The van der Waals surface area contributed by atoms with E-state index in [4.69, 9.17) is 4.84 Å². The number of hydrogen-bond donors (Lipinski definition) is 2. The zero-order valence-electron chi connectivity index (χ0n) is 22.8. The van der Waals surface area contributed by atoms with E-state index in [1.807, 2.05) is 7.05 Å². The van der Waals surface area contributed by atoms with Crippen molar-refractivity contribution in [2.24, 2.45) is 51.5 Å². The summed E-state index contributed by atoms with van der Waals surface area (Å²) in [5, 5.41) is 18.2. The average Bonchev–Trinajstić information content (AvgIpc) is 3.39. The quantitative estimate of drug-likeness (QED) is 0.314. The third kappa shape index (κ3) is 4.56. The highest BCUT2D eigenvalue weighted by Gasteiger charge is 2.60. The number of fused-ring (bicyclic) bond motifs is 5. The Labute approximate surface area is 212 Å². The van der Waals surface area contributed by atoms with Gasteiger partial charge in [0, 0.05) is 25.6 Å². The second kappa shape index (κ2) is 9.63. The molecule has 1 amide bonds. The third-order valence-corrected chi connectivity index (χ3v) is 11.7. The Hall–Kier alpha value is -1.14. The molecule has 6 nitrogen and oxygen atoms in total. The van der Waals surface area contributed by atoms with Crippen LogP contribution in [0.25, 0.3) is 0 Å². The Bertz CT molecular complexity index is 832. The van der Waals surface area contributed by atoms with Gasteiger partial charge >= 0.3 is 6.09 Å². The number of carbonyl (C=O) groups excluding carboxylic acids is 1. The van der Waals surface area contributed by atoms with E-state index in [1.54, 1.807) is 4.90 Å². The minimum atomic E-state index is -0.347. The van der Waals surface area contributed by atoms with Gasteiger partial charge in [-0.15, -0.1) is 0 Å². The highest BCUT2D eigenvalue weighted by atomic mass is 16.7. The molecule has 0 aromatic carbocycles. The summed E-state index contributed by atoms with van der Waals surface area (Å²) in [4.78, 5) is 19.8. The number of likely N-dealkylation sites (N-methyl/N-ethyl adjacent to an activating group) is 1. The van der Waals surface area contributed by atoms with Crippen LogP contribution in [0.2, 0.25) is 0 Å².